The van der Waals surface area contributed by atoms with Crippen LogP contribution in [0.2, 0.25) is 0 Å². The molecular weight excluding hydrogens is 250 g/mol. The molecule has 1 aromatic rings. The number of halogens is 1. The van der Waals surface area contributed by atoms with Gasteiger partial charge in [0, 0.05) is 4.47 Å². The first-order chi connectivity index (χ1) is 7.26. The van der Waals surface area contributed by atoms with Crippen molar-refractivity contribution in [1.29, 1.82) is 0 Å². The Bertz CT molecular complexity index is 286. The maximum atomic E-state index is 3.51. The van der Waals surface area contributed by atoms with Crippen molar-refractivity contribution in [2.75, 3.05) is 13.1 Å². The summed E-state index contributed by atoms with van der Waals surface area (Å²) in [6, 6.07) is 8.61. The number of rotatable bonds is 6. The highest BCUT2D eigenvalue weighted by Gasteiger charge is 2.06. The van der Waals surface area contributed by atoms with Gasteiger partial charge in [0.05, 0.1) is 0 Å². The van der Waals surface area contributed by atoms with Gasteiger partial charge in [-0.3, -0.25) is 0 Å². The summed E-state index contributed by atoms with van der Waals surface area (Å²) in [5.74, 6) is 0.749. The van der Waals surface area contributed by atoms with Crippen molar-refractivity contribution in [2.45, 2.75) is 26.7 Å². The molecule has 15 heavy (non-hydrogen) atoms. The van der Waals surface area contributed by atoms with Crippen LogP contribution < -0.4 is 5.32 Å². The van der Waals surface area contributed by atoms with Crippen LogP contribution in [0.1, 0.15) is 25.8 Å². The van der Waals surface area contributed by atoms with Crippen LogP contribution >= 0.6 is 15.9 Å². The fourth-order valence-corrected chi connectivity index (χ4v) is 2.15. The average Bonchev–Trinajstić information content (AvgIpc) is 2.24. The SMILES string of the molecule is CCNCC(CC)Cc1cccc(Br)c1. The summed E-state index contributed by atoms with van der Waals surface area (Å²) in [4.78, 5) is 0. The second kappa shape index (κ2) is 7.02. The van der Waals surface area contributed by atoms with Crippen molar-refractivity contribution in [2.24, 2.45) is 5.92 Å². The molecule has 0 saturated carbocycles. The molecule has 0 aliphatic heterocycles. The van der Waals surface area contributed by atoms with Crippen LogP contribution in [0.4, 0.5) is 0 Å². The van der Waals surface area contributed by atoms with E-state index in [0.29, 0.717) is 0 Å². The van der Waals surface area contributed by atoms with Crippen LogP contribution in [0.25, 0.3) is 0 Å². The Morgan fingerprint density at radius 1 is 1.33 bits per heavy atom. The van der Waals surface area contributed by atoms with E-state index in [9.17, 15) is 0 Å². The Hall–Kier alpha value is -0.340. The molecule has 0 aromatic heterocycles. The quantitative estimate of drug-likeness (QED) is 0.832. The van der Waals surface area contributed by atoms with E-state index in [2.05, 4.69) is 59.4 Å². The monoisotopic (exact) mass is 269 g/mol. The second-order valence-corrected chi connectivity index (χ2v) is 4.83. The second-order valence-electron chi connectivity index (χ2n) is 3.92. The van der Waals surface area contributed by atoms with Crippen molar-refractivity contribution in [3.05, 3.63) is 34.3 Å². The molecule has 0 aliphatic carbocycles. The molecule has 0 radical (unpaired) electrons. The van der Waals surface area contributed by atoms with Gasteiger partial charge in [-0.1, -0.05) is 48.3 Å². The fraction of sp³-hybridized carbons (Fsp3) is 0.538. The molecule has 0 fully saturated rings. The predicted octanol–water partition coefficient (Wildman–Crippen LogP) is 3.63. The molecule has 0 aliphatic rings. The first-order valence-corrected chi connectivity index (χ1v) is 6.50. The molecule has 1 aromatic carbocycles. The van der Waals surface area contributed by atoms with E-state index < -0.39 is 0 Å². The lowest BCUT2D eigenvalue weighted by Crippen LogP contribution is -2.23. The maximum Gasteiger partial charge on any atom is 0.0177 e. The molecule has 2 heteroatoms. The zero-order chi connectivity index (χ0) is 11.1. The van der Waals surface area contributed by atoms with E-state index in [-0.39, 0.29) is 0 Å². The zero-order valence-electron chi connectivity index (χ0n) is 9.59. The minimum Gasteiger partial charge on any atom is -0.317 e. The summed E-state index contributed by atoms with van der Waals surface area (Å²) in [7, 11) is 0. The smallest absolute Gasteiger partial charge is 0.0177 e. The third-order valence-electron chi connectivity index (χ3n) is 2.67. The molecule has 0 saturated heterocycles. The van der Waals surface area contributed by atoms with Crippen molar-refractivity contribution < 1.29 is 0 Å². The highest BCUT2D eigenvalue weighted by Crippen LogP contribution is 2.16. The number of hydrogen-bond donors (Lipinski definition) is 1. The Morgan fingerprint density at radius 3 is 2.73 bits per heavy atom. The third kappa shape index (κ3) is 4.80. The van der Waals surface area contributed by atoms with Gasteiger partial charge in [0.2, 0.25) is 0 Å². The van der Waals surface area contributed by atoms with Gasteiger partial charge < -0.3 is 5.32 Å². The van der Waals surface area contributed by atoms with Crippen molar-refractivity contribution in [1.82, 2.24) is 5.32 Å². The fourth-order valence-electron chi connectivity index (χ4n) is 1.71. The lowest BCUT2D eigenvalue weighted by Gasteiger charge is -2.15. The van der Waals surface area contributed by atoms with Gasteiger partial charge in [-0.25, -0.2) is 0 Å². The molecule has 0 amide bonds. The Labute approximate surface area is 101 Å². The lowest BCUT2D eigenvalue weighted by molar-refractivity contribution is 0.467. The largest absolute Gasteiger partial charge is 0.317 e. The molecule has 0 spiro atoms. The summed E-state index contributed by atoms with van der Waals surface area (Å²) in [5.41, 5.74) is 1.43. The highest BCUT2D eigenvalue weighted by molar-refractivity contribution is 9.10. The minimum absolute atomic E-state index is 0.749. The summed E-state index contributed by atoms with van der Waals surface area (Å²) in [6.07, 6.45) is 2.41. The van der Waals surface area contributed by atoms with Gasteiger partial charge in [0.25, 0.3) is 0 Å². The van der Waals surface area contributed by atoms with Crippen molar-refractivity contribution in [3.8, 4) is 0 Å². The zero-order valence-corrected chi connectivity index (χ0v) is 11.2. The number of nitrogens with one attached hydrogen (secondary N) is 1. The summed E-state index contributed by atoms with van der Waals surface area (Å²) < 4.78 is 1.18. The molecule has 1 unspecified atom stereocenters. The van der Waals surface area contributed by atoms with Crippen LogP contribution in [0, 0.1) is 5.92 Å². The van der Waals surface area contributed by atoms with Crippen molar-refractivity contribution >= 4 is 15.9 Å². The van der Waals surface area contributed by atoms with E-state index in [0.717, 1.165) is 19.0 Å². The number of hydrogen-bond acceptors (Lipinski definition) is 1. The summed E-state index contributed by atoms with van der Waals surface area (Å²) in [6.45, 7) is 6.61. The third-order valence-corrected chi connectivity index (χ3v) is 3.17. The molecule has 84 valence electrons. The highest BCUT2D eigenvalue weighted by atomic mass is 79.9. The van der Waals surface area contributed by atoms with Crippen LogP contribution in [0.15, 0.2) is 28.7 Å². The molecule has 1 nitrogen and oxygen atoms in total. The van der Waals surface area contributed by atoms with Gasteiger partial charge >= 0.3 is 0 Å². The lowest BCUT2D eigenvalue weighted by atomic mass is 9.97. The Morgan fingerprint density at radius 2 is 2.13 bits per heavy atom. The van der Waals surface area contributed by atoms with Gasteiger partial charge in [-0.2, -0.15) is 0 Å². The molecule has 0 heterocycles. The summed E-state index contributed by atoms with van der Waals surface area (Å²) >= 11 is 3.51. The average molecular weight is 270 g/mol. The number of benzene rings is 1. The molecular formula is C13H20BrN. The molecule has 1 atom stereocenters. The molecule has 1 rings (SSSR count). The molecule has 0 bridgehead atoms. The van der Waals surface area contributed by atoms with E-state index in [4.69, 9.17) is 0 Å². The van der Waals surface area contributed by atoms with Crippen LogP contribution in [0.5, 0.6) is 0 Å². The van der Waals surface area contributed by atoms with Crippen LogP contribution in [0.3, 0.4) is 0 Å². The van der Waals surface area contributed by atoms with Gasteiger partial charge in [-0.05, 0) is 43.1 Å². The molecule has 1 N–H and O–H groups in total. The van der Waals surface area contributed by atoms with Crippen molar-refractivity contribution in [3.63, 3.8) is 0 Å². The van der Waals surface area contributed by atoms with Crippen LogP contribution in [-0.2, 0) is 6.42 Å². The first-order valence-electron chi connectivity index (χ1n) is 5.71. The van der Waals surface area contributed by atoms with E-state index >= 15 is 0 Å². The van der Waals surface area contributed by atoms with Crippen LogP contribution in [-0.4, -0.2) is 13.1 Å². The summed E-state index contributed by atoms with van der Waals surface area (Å²) in [5, 5.41) is 3.42. The standard InChI is InChI=1S/C13H20BrN/c1-3-11(10-15-4-2)8-12-6-5-7-13(14)9-12/h5-7,9,11,15H,3-4,8,10H2,1-2H3. The maximum absolute atomic E-state index is 3.51. The Balaban J connectivity index is 2.50. The normalized spacial score (nSPS) is 12.7. The van der Waals surface area contributed by atoms with E-state index in [1.54, 1.807) is 0 Å². The van der Waals surface area contributed by atoms with Gasteiger partial charge in [0.1, 0.15) is 0 Å². The van der Waals surface area contributed by atoms with Gasteiger partial charge in [0.15, 0.2) is 0 Å². The Kier molecular flexibility index (Phi) is 5.96. The van der Waals surface area contributed by atoms with Gasteiger partial charge in [-0.15, -0.1) is 0 Å². The minimum atomic E-state index is 0.749. The first kappa shape index (κ1) is 12.7. The topological polar surface area (TPSA) is 12.0 Å². The van der Waals surface area contributed by atoms with E-state index in [1.165, 1.54) is 22.9 Å². The van der Waals surface area contributed by atoms with E-state index in [1.807, 2.05) is 0 Å². The predicted molar refractivity (Wildman–Crippen MR) is 70.2 cm³/mol.